The van der Waals surface area contributed by atoms with Crippen LogP contribution in [0, 0.1) is 11.6 Å². The molecule has 0 bridgehead atoms. The van der Waals surface area contributed by atoms with Crippen LogP contribution in [0.2, 0.25) is 0 Å². The lowest BCUT2D eigenvalue weighted by Gasteiger charge is -1.97. The minimum absolute atomic E-state index is 0.0878. The molecule has 0 aliphatic carbocycles. The molecule has 80 valence electrons. The Morgan fingerprint density at radius 3 is 2.73 bits per heavy atom. The molecule has 1 rings (SSSR count). The van der Waals surface area contributed by atoms with E-state index in [9.17, 15) is 13.6 Å². The molecular weight excluding hydrogens is 202 g/mol. The zero-order valence-corrected chi connectivity index (χ0v) is 8.17. The molecule has 15 heavy (non-hydrogen) atoms. The number of hydrogen-bond acceptors (Lipinski definition) is 2. The molecule has 0 saturated heterocycles. The summed E-state index contributed by atoms with van der Waals surface area (Å²) in [6.45, 7) is 2.22. The molecular formula is C11H10F2O2. The first-order valence-corrected chi connectivity index (χ1v) is 4.42. The van der Waals surface area contributed by atoms with Crippen LogP contribution in [-0.4, -0.2) is 12.4 Å². The van der Waals surface area contributed by atoms with Crippen molar-refractivity contribution in [2.45, 2.75) is 6.92 Å². The molecule has 1 aromatic carbocycles. The molecule has 0 radical (unpaired) electrons. The Kier molecular flexibility index (Phi) is 3.97. The molecule has 2 nitrogen and oxygen atoms in total. The van der Waals surface area contributed by atoms with Crippen molar-refractivity contribution >= 4 is 5.78 Å². The number of ether oxygens (including phenoxy) is 1. The van der Waals surface area contributed by atoms with Crippen molar-refractivity contribution in [1.82, 2.24) is 0 Å². The molecule has 0 saturated carbocycles. The van der Waals surface area contributed by atoms with Crippen LogP contribution in [-0.2, 0) is 4.74 Å². The van der Waals surface area contributed by atoms with Crippen molar-refractivity contribution in [3.63, 3.8) is 0 Å². The maximum Gasteiger partial charge on any atom is 0.188 e. The van der Waals surface area contributed by atoms with Gasteiger partial charge in [-0.2, -0.15) is 0 Å². The highest BCUT2D eigenvalue weighted by molar-refractivity contribution is 6.04. The number of carbonyl (C=O) groups is 1. The van der Waals surface area contributed by atoms with Crippen molar-refractivity contribution in [3.05, 3.63) is 47.7 Å². The van der Waals surface area contributed by atoms with Gasteiger partial charge in [-0.3, -0.25) is 4.79 Å². The van der Waals surface area contributed by atoms with Crippen LogP contribution >= 0.6 is 0 Å². The summed E-state index contributed by atoms with van der Waals surface area (Å²) in [6.07, 6.45) is 2.39. The van der Waals surface area contributed by atoms with Gasteiger partial charge in [-0.1, -0.05) is 0 Å². The average Bonchev–Trinajstić information content (AvgIpc) is 2.22. The first-order chi connectivity index (χ1) is 7.15. The molecule has 0 spiro atoms. The van der Waals surface area contributed by atoms with Crippen LogP contribution in [0.1, 0.15) is 17.3 Å². The molecule has 0 aliphatic heterocycles. The monoisotopic (exact) mass is 212 g/mol. The van der Waals surface area contributed by atoms with Crippen molar-refractivity contribution in [3.8, 4) is 0 Å². The zero-order chi connectivity index (χ0) is 11.3. The Morgan fingerprint density at radius 1 is 1.40 bits per heavy atom. The normalized spacial score (nSPS) is 10.6. The molecule has 0 atom stereocenters. The van der Waals surface area contributed by atoms with Crippen LogP contribution in [0.15, 0.2) is 30.5 Å². The van der Waals surface area contributed by atoms with Gasteiger partial charge in [0.25, 0.3) is 0 Å². The second kappa shape index (κ2) is 5.24. The molecule has 0 fully saturated rings. The van der Waals surface area contributed by atoms with Crippen LogP contribution in [0.3, 0.4) is 0 Å². The lowest BCUT2D eigenvalue weighted by Crippen LogP contribution is -1.97. The summed E-state index contributed by atoms with van der Waals surface area (Å²) < 4.78 is 30.1. The lowest BCUT2D eigenvalue weighted by molar-refractivity contribution is 0.104. The van der Waals surface area contributed by atoms with Gasteiger partial charge in [0, 0.05) is 11.6 Å². The van der Waals surface area contributed by atoms with Crippen molar-refractivity contribution in [2.24, 2.45) is 0 Å². The van der Waals surface area contributed by atoms with Gasteiger partial charge in [-0.25, -0.2) is 8.78 Å². The Bertz CT molecular complexity index is 386. The van der Waals surface area contributed by atoms with E-state index in [0.29, 0.717) is 6.61 Å². The summed E-state index contributed by atoms with van der Waals surface area (Å²) in [7, 11) is 0. The summed E-state index contributed by atoms with van der Waals surface area (Å²) in [6, 6.07) is 2.99. The highest BCUT2D eigenvalue weighted by Gasteiger charge is 2.06. The third kappa shape index (κ3) is 3.16. The zero-order valence-electron chi connectivity index (χ0n) is 8.17. The molecule has 1 aromatic rings. The Morgan fingerprint density at radius 2 is 2.13 bits per heavy atom. The van der Waals surface area contributed by atoms with E-state index < -0.39 is 17.4 Å². The summed E-state index contributed by atoms with van der Waals surface area (Å²) in [4.78, 5) is 11.3. The summed E-state index contributed by atoms with van der Waals surface area (Å²) in [5.74, 6) is -2.44. The number of hydrogen-bond donors (Lipinski definition) is 0. The van der Waals surface area contributed by atoms with E-state index in [0.717, 1.165) is 18.2 Å². The minimum Gasteiger partial charge on any atom is -0.501 e. The number of rotatable bonds is 4. The van der Waals surface area contributed by atoms with Gasteiger partial charge in [0.15, 0.2) is 17.4 Å². The molecule has 0 unspecified atom stereocenters. The van der Waals surface area contributed by atoms with E-state index in [4.69, 9.17) is 4.74 Å². The quantitative estimate of drug-likeness (QED) is 0.435. The first kappa shape index (κ1) is 11.4. The molecule has 0 aromatic heterocycles. The Balaban J connectivity index is 2.78. The van der Waals surface area contributed by atoms with Gasteiger partial charge in [0.05, 0.1) is 12.9 Å². The minimum atomic E-state index is -1.04. The van der Waals surface area contributed by atoms with Crippen LogP contribution < -0.4 is 0 Å². The van der Waals surface area contributed by atoms with E-state index in [1.807, 2.05) is 0 Å². The smallest absolute Gasteiger partial charge is 0.188 e. The largest absolute Gasteiger partial charge is 0.501 e. The third-order valence-corrected chi connectivity index (χ3v) is 1.69. The van der Waals surface area contributed by atoms with Gasteiger partial charge < -0.3 is 4.74 Å². The fraction of sp³-hybridized carbons (Fsp3) is 0.182. The van der Waals surface area contributed by atoms with Gasteiger partial charge in [-0.05, 0) is 25.1 Å². The maximum absolute atomic E-state index is 12.7. The Hall–Kier alpha value is -1.71. The number of allylic oxidation sites excluding steroid dienone is 1. The van der Waals surface area contributed by atoms with Gasteiger partial charge >= 0.3 is 0 Å². The molecule has 0 N–H and O–H groups in total. The number of ketones is 1. The van der Waals surface area contributed by atoms with E-state index in [1.54, 1.807) is 6.92 Å². The standard InChI is InChI=1S/C11H10F2O2/c1-2-15-6-5-11(14)8-3-4-9(12)10(13)7-8/h3-7H,2H2,1H3. The van der Waals surface area contributed by atoms with Crippen LogP contribution in [0.25, 0.3) is 0 Å². The molecule has 0 amide bonds. The fourth-order valence-corrected chi connectivity index (χ4v) is 0.952. The first-order valence-electron chi connectivity index (χ1n) is 4.42. The second-order valence-electron chi connectivity index (χ2n) is 2.75. The van der Waals surface area contributed by atoms with Crippen LogP contribution in [0.5, 0.6) is 0 Å². The summed E-state index contributed by atoms with van der Waals surface area (Å²) >= 11 is 0. The Labute approximate surface area is 86.2 Å². The number of benzene rings is 1. The van der Waals surface area contributed by atoms with Crippen molar-refractivity contribution in [1.29, 1.82) is 0 Å². The fourth-order valence-electron chi connectivity index (χ4n) is 0.952. The summed E-state index contributed by atoms with van der Waals surface area (Å²) in [5.41, 5.74) is 0.0878. The predicted molar refractivity (Wildman–Crippen MR) is 51.5 cm³/mol. The van der Waals surface area contributed by atoms with Gasteiger partial charge in [0.2, 0.25) is 0 Å². The topological polar surface area (TPSA) is 26.3 Å². The molecule has 0 heterocycles. The van der Waals surface area contributed by atoms with E-state index in [1.165, 1.54) is 12.3 Å². The molecule has 4 heteroatoms. The van der Waals surface area contributed by atoms with Crippen molar-refractivity contribution < 1.29 is 18.3 Å². The van der Waals surface area contributed by atoms with E-state index in [-0.39, 0.29) is 5.56 Å². The van der Waals surface area contributed by atoms with E-state index in [2.05, 4.69) is 0 Å². The second-order valence-corrected chi connectivity index (χ2v) is 2.75. The van der Waals surface area contributed by atoms with Crippen molar-refractivity contribution in [2.75, 3.05) is 6.61 Å². The molecule has 0 aliphatic rings. The number of halogens is 2. The average molecular weight is 212 g/mol. The third-order valence-electron chi connectivity index (χ3n) is 1.69. The maximum atomic E-state index is 12.7. The highest BCUT2D eigenvalue weighted by Crippen LogP contribution is 2.09. The highest BCUT2D eigenvalue weighted by atomic mass is 19.2. The summed E-state index contributed by atoms with van der Waals surface area (Å²) in [5, 5.41) is 0. The SMILES string of the molecule is CCOC=CC(=O)c1ccc(F)c(F)c1. The van der Waals surface area contributed by atoms with Gasteiger partial charge in [-0.15, -0.1) is 0 Å². The van der Waals surface area contributed by atoms with Crippen LogP contribution in [0.4, 0.5) is 8.78 Å². The number of carbonyl (C=O) groups excluding carboxylic acids is 1. The van der Waals surface area contributed by atoms with E-state index >= 15 is 0 Å². The lowest BCUT2D eigenvalue weighted by atomic mass is 10.1. The van der Waals surface area contributed by atoms with Gasteiger partial charge in [0.1, 0.15) is 0 Å². The predicted octanol–water partition coefficient (Wildman–Crippen LogP) is 2.70.